The van der Waals surface area contributed by atoms with Crippen LogP contribution >= 0.6 is 11.8 Å². The Morgan fingerprint density at radius 3 is 2.88 bits per heavy atom. The molecular formula is C6H7OS. The van der Waals surface area contributed by atoms with E-state index in [1.54, 1.807) is 18.7 Å². The highest BCUT2D eigenvalue weighted by Gasteiger charge is 2.14. The molecule has 0 saturated heterocycles. The van der Waals surface area contributed by atoms with Gasteiger partial charge in [-0.3, -0.25) is 4.79 Å². The summed E-state index contributed by atoms with van der Waals surface area (Å²) in [4.78, 5) is 10.5. The van der Waals surface area contributed by atoms with Gasteiger partial charge in [-0.1, -0.05) is 12.2 Å². The van der Waals surface area contributed by atoms with Gasteiger partial charge in [0, 0.05) is 5.75 Å². The molecule has 1 aliphatic heterocycles. The molecule has 0 aliphatic carbocycles. The fourth-order valence-corrected chi connectivity index (χ4v) is 1.33. The molecule has 1 radical (unpaired) electrons. The van der Waals surface area contributed by atoms with Crippen LogP contribution in [-0.4, -0.2) is 11.5 Å². The van der Waals surface area contributed by atoms with Gasteiger partial charge in [0.1, 0.15) is 5.25 Å². The van der Waals surface area contributed by atoms with Gasteiger partial charge in [-0.25, -0.2) is 0 Å². The second-order valence-electron chi connectivity index (χ2n) is 1.63. The first-order valence-electron chi connectivity index (χ1n) is 2.48. The van der Waals surface area contributed by atoms with E-state index in [-0.39, 0.29) is 5.78 Å². The summed E-state index contributed by atoms with van der Waals surface area (Å²) in [6, 6.07) is 0. The average molecular weight is 127 g/mol. The molecule has 0 amide bonds. The molecular weight excluding hydrogens is 120 g/mol. The minimum atomic E-state index is 0.184. The van der Waals surface area contributed by atoms with Crippen molar-refractivity contribution < 1.29 is 4.79 Å². The van der Waals surface area contributed by atoms with Crippen LogP contribution in [0.25, 0.3) is 0 Å². The molecule has 0 fully saturated rings. The van der Waals surface area contributed by atoms with Crippen molar-refractivity contribution in [2.24, 2.45) is 0 Å². The van der Waals surface area contributed by atoms with E-state index in [9.17, 15) is 4.79 Å². The summed E-state index contributed by atoms with van der Waals surface area (Å²) < 4.78 is 0. The monoisotopic (exact) mass is 127 g/mol. The van der Waals surface area contributed by atoms with E-state index in [4.69, 9.17) is 0 Å². The third-order valence-electron chi connectivity index (χ3n) is 0.951. The molecule has 1 heterocycles. The Labute approximate surface area is 53.2 Å². The number of carbonyl (C=O) groups excluding carboxylic acids is 1. The van der Waals surface area contributed by atoms with Crippen LogP contribution in [0, 0.1) is 5.25 Å². The Hall–Kier alpha value is -0.240. The van der Waals surface area contributed by atoms with Crippen molar-refractivity contribution in [3.05, 3.63) is 17.4 Å². The molecule has 0 N–H and O–H groups in total. The van der Waals surface area contributed by atoms with Crippen molar-refractivity contribution in [2.75, 3.05) is 5.75 Å². The van der Waals surface area contributed by atoms with Crippen LogP contribution in [0.2, 0.25) is 0 Å². The van der Waals surface area contributed by atoms with E-state index in [1.165, 1.54) is 0 Å². The maximum Gasteiger partial charge on any atom is 0.151 e. The molecule has 1 rings (SSSR count). The van der Waals surface area contributed by atoms with E-state index in [1.807, 2.05) is 12.2 Å². The molecule has 0 bridgehead atoms. The summed E-state index contributed by atoms with van der Waals surface area (Å²) in [5.74, 6) is 1.15. The van der Waals surface area contributed by atoms with Crippen LogP contribution in [0.5, 0.6) is 0 Å². The third kappa shape index (κ3) is 1.13. The number of Topliss-reactive ketones (excluding diaryl/α,β-unsaturated/α-hetero) is 1. The lowest BCUT2D eigenvalue weighted by molar-refractivity contribution is -0.113. The Bertz CT molecular complexity index is 128. The average Bonchev–Trinajstić information content (AvgIpc) is 2.12. The Morgan fingerprint density at radius 1 is 1.88 bits per heavy atom. The maximum absolute atomic E-state index is 10.5. The molecule has 43 valence electrons. The van der Waals surface area contributed by atoms with Gasteiger partial charge in [-0.2, -0.15) is 0 Å². The van der Waals surface area contributed by atoms with Gasteiger partial charge in [0.25, 0.3) is 0 Å². The number of hydrogen-bond acceptors (Lipinski definition) is 2. The summed E-state index contributed by atoms with van der Waals surface area (Å²) >= 11 is 1.61. The summed E-state index contributed by atoms with van der Waals surface area (Å²) in [6.07, 6.45) is 3.88. The van der Waals surface area contributed by atoms with Crippen LogP contribution in [0.4, 0.5) is 0 Å². The molecule has 0 atom stereocenters. The van der Waals surface area contributed by atoms with Crippen LogP contribution < -0.4 is 0 Å². The number of carbonyl (C=O) groups is 1. The molecule has 8 heavy (non-hydrogen) atoms. The van der Waals surface area contributed by atoms with Gasteiger partial charge in [-0.15, -0.1) is 11.8 Å². The predicted molar refractivity (Wildman–Crippen MR) is 35.5 cm³/mol. The molecule has 0 aromatic heterocycles. The molecule has 2 heteroatoms. The van der Waals surface area contributed by atoms with Gasteiger partial charge in [0.15, 0.2) is 5.78 Å². The van der Waals surface area contributed by atoms with Crippen molar-refractivity contribution in [2.45, 2.75) is 6.92 Å². The standard InChI is InChI=1S/C6H7OS/c1-5(7)6-3-2-4-8-6/h2-3H,4H2,1H3. The summed E-state index contributed by atoms with van der Waals surface area (Å²) in [6.45, 7) is 1.60. The largest absolute Gasteiger partial charge is 0.298 e. The lowest BCUT2D eigenvalue weighted by atomic mass is 10.3. The number of rotatable bonds is 1. The van der Waals surface area contributed by atoms with Gasteiger partial charge < -0.3 is 0 Å². The van der Waals surface area contributed by atoms with Crippen LogP contribution in [0.1, 0.15) is 6.92 Å². The fraction of sp³-hybridized carbons (Fsp3) is 0.333. The highest BCUT2D eigenvalue weighted by molar-refractivity contribution is 8.03. The lowest BCUT2D eigenvalue weighted by Gasteiger charge is -1.95. The van der Waals surface area contributed by atoms with Crippen LogP contribution in [-0.2, 0) is 4.79 Å². The first kappa shape index (κ1) is 5.89. The smallest absolute Gasteiger partial charge is 0.151 e. The Kier molecular flexibility index (Phi) is 1.73. The molecule has 0 spiro atoms. The van der Waals surface area contributed by atoms with E-state index in [0.717, 1.165) is 11.0 Å². The minimum Gasteiger partial charge on any atom is -0.298 e. The first-order valence-corrected chi connectivity index (χ1v) is 3.46. The van der Waals surface area contributed by atoms with Crippen molar-refractivity contribution in [1.29, 1.82) is 0 Å². The van der Waals surface area contributed by atoms with Gasteiger partial charge in [0.05, 0.1) is 0 Å². The first-order chi connectivity index (χ1) is 3.80. The SMILES string of the molecule is CC(=O)[C]1C=CCS1. The summed E-state index contributed by atoms with van der Waals surface area (Å²) in [7, 11) is 0. The number of hydrogen-bond donors (Lipinski definition) is 0. The highest BCUT2D eigenvalue weighted by Crippen LogP contribution is 2.26. The fourth-order valence-electron chi connectivity index (χ4n) is 0.560. The zero-order chi connectivity index (χ0) is 5.98. The Balaban J connectivity index is 2.48. The second kappa shape index (κ2) is 2.35. The molecule has 0 unspecified atom stereocenters. The van der Waals surface area contributed by atoms with Gasteiger partial charge in [-0.05, 0) is 6.92 Å². The molecule has 0 saturated carbocycles. The maximum atomic E-state index is 10.5. The van der Waals surface area contributed by atoms with E-state index >= 15 is 0 Å². The van der Waals surface area contributed by atoms with E-state index in [2.05, 4.69) is 0 Å². The quantitative estimate of drug-likeness (QED) is 0.529. The van der Waals surface area contributed by atoms with Crippen molar-refractivity contribution in [1.82, 2.24) is 0 Å². The zero-order valence-corrected chi connectivity index (χ0v) is 5.49. The normalized spacial score (nSPS) is 19.6. The molecule has 1 nitrogen and oxygen atoms in total. The topological polar surface area (TPSA) is 17.1 Å². The van der Waals surface area contributed by atoms with Crippen molar-refractivity contribution in [3.8, 4) is 0 Å². The Morgan fingerprint density at radius 2 is 2.62 bits per heavy atom. The van der Waals surface area contributed by atoms with Crippen LogP contribution in [0.15, 0.2) is 12.2 Å². The molecule has 0 aromatic carbocycles. The number of thioether (sulfide) groups is 1. The number of ketones is 1. The van der Waals surface area contributed by atoms with Gasteiger partial charge in [0.2, 0.25) is 0 Å². The minimum absolute atomic E-state index is 0.184. The van der Waals surface area contributed by atoms with Gasteiger partial charge >= 0.3 is 0 Å². The lowest BCUT2D eigenvalue weighted by Crippen LogP contribution is -1.96. The van der Waals surface area contributed by atoms with E-state index < -0.39 is 0 Å². The molecule has 1 aliphatic rings. The summed E-state index contributed by atoms with van der Waals surface area (Å²) in [5, 5.41) is 0.894. The third-order valence-corrected chi connectivity index (χ3v) is 2.04. The van der Waals surface area contributed by atoms with Crippen molar-refractivity contribution in [3.63, 3.8) is 0 Å². The molecule has 0 aromatic rings. The second-order valence-corrected chi connectivity index (χ2v) is 2.70. The van der Waals surface area contributed by atoms with Crippen molar-refractivity contribution >= 4 is 17.5 Å². The van der Waals surface area contributed by atoms with E-state index in [0.29, 0.717) is 0 Å². The zero-order valence-electron chi connectivity index (χ0n) is 4.68. The summed E-state index contributed by atoms with van der Waals surface area (Å²) in [5.41, 5.74) is 0. The highest BCUT2D eigenvalue weighted by atomic mass is 32.2. The predicted octanol–water partition coefficient (Wildman–Crippen LogP) is 1.41. The van der Waals surface area contributed by atoms with Crippen LogP contribution in [0.3, 0.4) is 0 Å².